The molecule has 1 fully saturated rings. The van der Waals surface area contributed by atoms with Crippen molar-refractivity contribution in [2.75, 3.05) is 13.1 Å². The Morgan fingerprint density at radius 1 is 1.09 bits per heavy atom. The summed E-state index contributed by atoms with van der Waals surface area (Å²) in [4.78, 5) is 33.3. The van der Waals surface area contributed by atoms with Crippen molar-refractivity contribution in [2.45, 2.75) is 25.9 Å². The zero-order valence-corrected chi connectivity index (χ0v) is 20.2. The van der Waals surface area contributed by atoms with Gasteiger partial charge in [-0.1, -0.05) is 29.8 Å². The lowest BCUT2D eigenvalue weighted by Crippen LogP contribution is -2.43. The first-order chi connectivity index (χ1) is 16.6. The quantitative estimate of drug-likeness (QED) is 0.413. The molecule has 0 aliphatic carbocycles. The second-order valence-electron chi connectivity index (χ2n) is 8.53. The Morgan fingerprint density at radius 3 is 2.62 bits per heavy atom. The van der Waals surface area contributed by atoms with Gasteiger partial charge >= 0.3 is 0 Å². The molecule has 0 unspecified atom stereocenters. The largest absolute Gasteiger partial charge is 0.350 e. The van der Waals surface area contributed by atoms with Crippen LogP contribution in [0.25, 0.3) is 10.2 Å². The minimum atomic E-state index is -0.0860. The molecule has 174 valence electrons. The molecule has 0 bridgehead atoms. The first-order valence-corrected chi connectivity index (χ1v) is 12.6. The molecule has 1 saturated heterocycles. The van der Waals surface area contributed by atoms with E-state index in [4.69, 9.17) is 11.6 Å². The number of thiophene rings is 1. The smallest absolute Gasteiger partial charge is 0.270 e. The van der Waals surface area contributed by atoms with E-state index in [1.165, 1.54) is 0 Å². The molecule has 0 spiro atoms. The number of carbonyl (C=O) groups is 2. The van der Waals surface area contributed by atoms with Crippen LogP contribution < -0.4 is 5.32 Å². The minimum Gasteiger partial charge on any atom is -0.350 e. The van der Waals surface area contributed by atoms with Crippen molar-refractivity contribution in [1.29, 1.82) is 0 Å². The third kappa shape index (κ3) is 4.86. The lowest BCUT2D eigenvalue weighted by Gasteiger charge is -2.31. The number of nitrogens with zero attached hydrogens (tertiary/aromatic N) is 3. The molecule has 4 heterocycles. The molecule has 0 radical (unpaired) electrons. The summed E-state index contributed by atoms with van der Waals surface area (Å²) in [6.45, 7) is 2.17. The number of likely N-dealkylation sites (tertiary alicyclic amines) is 1. The highest BCUT2D eigenvalue weighted by atomic mass is 35.5. The van der Waals surface area contributed by atoms with Gasteiger partial charge in [0.05, 0.1) is 12.2 Å². The summed E-state index contributed by atoms with van der Waals surface area (Å²) in [6, 6.07) is 17.4. The number of halogens is 1. The highest BCUT2D eigenvalue weighted by Gasteiger charge is 2.29. The Hall–Kier alpha value is -3.16. The van der Waals surface area contributed by atoms with Gasteiger partial charge in [-0.25, -0.2) is 0 Å². The van der Waals surface area contributed by atoms with Crippen LogP contribution in [0.15, 0.2) is 66.2 Å². The van der Waals surface area contributed by atoms with Crippen molar-refractivity contribution in [3.63, 3.8) is 0 Å². The Labute approximate surface area is 207 Å². The molecule has 34 heavy (non-hydrogen) atoms. The summed E-state index contributed by atoms with van der Waals surface area (Å²) < 4.78 is 2.09. The van der Waals surface area contributed by atoms with Crippen LogP contribution in [0.2, 0.25) is 5.02 Å². The third-order valence-electron chi connectivity index (χ3n) is 6.30. The van der Waals surface area contributed by atoms with Gasteiger partial charge in [-0.2, -0.15) is 0 Å². The number of benzene rings is 1. The fourth-order valence-corrected chi connectivity index (χ4v) is 5.44. The van der Waals surface area contributed by atoms with Gasteiger partial charge in [-0.3, -0.25) is 14.6 Å². The molecule has 0 atom stereocenters. The Balaban J connectivity index is 1.25. The number of hydrogen-bond donors (Lipinski definition) is 1. The minimum absolute atomic E-state index is 0.0182. The second kappa shape index (κ2) is 9.99. The maximum absolute atomic E-state index is 13.5. The topological polar surface area (TPSA) is 67.2 Å². The number of fused-ring (bicyclic) bond motifs is 1. The van der Waals surface area contributed by atoms with Crippen LogP contribution in [0.5, 0.6) is 0 Å². The van der Waals surface area contributed by atoms with E-state index < -0.39 is 0 Å². The summed E-state index contributed by atoms with van der Waals surface area (Å²) in [7, 11) is 0. The standard InChI is InChI=1S/C26H25ClN4O2S/c27-21-6-4-18(5-7-21)17-31-23(15-20-10-14-34-26(20)31)25(33)30-12-8-19(9-13-30)24(32)29-16-22-3-1-2-11-28-22/h1-7,10-11,14-15,19H,8-9,12-13,16-17H2,(H,29,32). The maximum Gasteiger partial charge on any atom is 0.270 e. The Kier molecular flexibility index (Phi) is 6.65. The van der Waals surface area contributed by atoms with E-state index in [1.807, 2.05) is 64.9 Å². The van der Waals surface area contributed by atoms with Gasteiger partial charge in [0.15, 0.2) is 0 Å². The molecule has 4 aromatic rings. The van der Waals surface area contributed by atoms with Gasteiger partial charge in [0.2, 0.25) is 5.91 Å². The van der Waals surface area contributed by atoms with Gasteiger partial charge in [0.1, 0.15) is 10.5 Å². The van der Waals surface area contributed by atoms with Crippen LogP contribution in [-0.4, -0.2) is 39.4 Å². The SMILES string of the molecule is O=C(NCc1ccccn1)C1CCN(C(=O)c2cc3ccsc3n2Cc2ccc(Cl)cc2)CC1. The average molecular weight is 493 g/mol. The molecule has 3 aromatic heterocycles. The highest BCUT2D eigenvalue weighted by molar-refractivity contribution is 7.16. The molecular weight excluding hydrogens is 468 g/mol. The van der Waals surface area contributed by atoms with Crippen molar-refractivity contribution in [1.82, 2.24) is 19.8 Å². The molecule has 1 N–H and O–H groups in total. The van der Waals surface area contributed by atoms with Crippen LogP contribution >= 0.6 is 22.9 Å². The summed E-state index contributed by atoms with van der Waals surface area (Å²) in [5.41, 5.74) is 2.62. The second-order valence-corrected chi connectivity index (χ2v) is 9.86. The molecule has 1 aliphatic rings. The first kappa shape index (κ1) is 22.6. The van der Waals surface area contributed by atoms with E-state index in [-0.39, 0.29) is 17.7 Å². The molecule has 1 aromatic carbocycles. The number of carbonyl (C=O) groups excluding carboxylic acids is 2. The average Bonchev–Trinajstić information content (AvgIpc) is 3.47. The van der Waals surface area contributed by atoms with Crippen molar-refractivity contribution in [2.24, 2.45) is 5.92 Å². The maximum atomic E-state index is 13.5. The highest BCUT2D eigenvalue weighted by Crippen LogP contribution is 2.28. The number of aromatic nitrogens is 2. The first-order valence-electron chi connectivity index (χ1n) is 11.4. The van der Waals surface area contributed by atoms with Gasteiger partial charge in [0, 0.05) is 42.2 Å². The van der Waals surface area contributed by atoms with Gasteiger partial charge < -0.3 is 14.8 Å². The zero-order chi connectivity index (χ0) is 23.5. The van der Waals surface area contributed by atoms with Gasteiger partial charge in [-0.05, 0) is 60.2 Å². The number of hydrogen-bond acceptors (Lipinski definition) is 4. The van der Waals surface area contributed by atoms with Crippen molar-refractivity contribution >= 4 is 45.0 Å². The van der Waals surface area contributed by atoms with Crippen LogP contribution in [0.4, 0.5) is 0 Å². The van der Waals surface area contributed by atoms with E-state index >= 15 is 0 Å². The molecule has 1 aliphatic heterocycles. The summed E-state index contributed by atoms with van der Waals surface area (Å²) >= 11 is 7.68. The number of amides is 2. The van der Waals surface area contributed by atoms with Crippen LogP contribution in [0.3, 0.4) is 0 Å². The lowest BCUT2D eigenvalue weighted by atomic mass is 9.95. The van der Waals surface area contributed by atoms with Gasteiger partial charge in [0.25, 0.3) is 5.91 Å². The summed E-state index contributed by atoms with van der Waals surface area (Å²) in [6.07, 6.45) is 3.04. The van der Waals surface area contributed by atoms with Crippen molar-refractivity contribution in [3.8, 4) is 0 Å². The Morgan fingerprint density at radius 2 is 1.88 bits per heavy atom. The predicted octanol–water partition coefficient (Wildman–Crippen LogP) is 4.97. The summed E-state index contributed by atoms with van der Waals surface area (Å²) in [5.74, 6) is -0.0359. The fraction of sp³-hybridized carbons (Fsp3) is 0.269. The summed E-state index contributed by atoms with van der Waals surface area (Å²) in [5, 5.41) is 6.80. The van der Waals surface area contributed by atoms with E-state index in [0.717, 1.165) is 21.5 Å². The van der Waals surface area contributed by atoms with Crippen molar-refractivity contribution < 1.29 is 9.59 Å². The molecule has 0 saturated carbocycles. The van der Waals surface area contributed by atoms with E-state index in [9.17, 15) is 9.59 Å². The van der Waals surface area contributed by atoms with Crippen molar-refractivity contribution in [3.05, 3.63) is 88.1 Å². The van der Waals surface area contributed by atoms with Gasteiger partial charge in [-0.15, -0.1) is 11.3 Å². The third-order valence-corrected chi connectivity index (χ3v) is 7.50. The molecular formula is C26H25ClN4O2S. The Bertz CT molecular complexity index is 1290. The molecule has 2 amide bonds. The normalized spacial score (nSPS) is 14.4. The van der Waals surface area contributed by atoms with E-state index in [1.54, 1.807) is 17.5 Å². The van der Waals surface area contributed by atoms with Crippen LogP contribution in [-0.2, 0) is 17.9 Å². The molecule has 8 heteroatoms. The van der Waals surface area contributed by atoms with E-state index in [0.29, 0.717) is 49.7 Å². The number of nitrogens with one attached hydrogen (secondary N) is 1. The predicted molar refractivity (Wildman–Crippen MR) is 135 cm³/mol. The van der Waals surface area contributed by atoms with Crippen LogP contribution in [0.1, 0.15) is 34.6 Å². The number of rotatable bonds is 6. The van der Waals surface area contributed by atoms with Crippen LogP contribution in [0, 0.1) is 5.92 Å². The van der Waals surface area contributed by atoms with E-state index in [2.05, 4.69) is 14.9 Å². The zero-order valence-electron chi connectivity index (χ0n) is 18.6. The number of piperidine rings is 1. The monoisotopic (exact) mass is 492 g/mol. The molecule has 5 rings (SSSR count). The fourth-order valence-electron chi connectivity index (χ4n) is 4.41. The molecule has 6 nitrogen and oxygen atoms in total. The number of pyridine rings is 1. The lowest BCUT2D eigenvalue weighted by molar-refractivity contribution is -0.126.